The third-order valence-electron chi connectivity index (χ3n) is 17.4. The molecule has 0 unspecified atom stereocenters. The van der Waals surface area contributed by atoms with Crippen molar-refractivity contribution in [3.05, 3.63) is 203 Å². The number of hydrogen-bond acceptors (Lipinski definition) is 5. The maximum atomic E-state index is 7.04. The molecule has 84 heavy (non-hydrogen) atoms. The number of benzene rings is 8. The summed E-state index contributed by atoms with van der Waals surface area (Å²) in [6, 6.07) is 60.9. The van der Waals surface area contributed by atoms with E-state index in [-0.39, 0.29) is 32.5 Å². The topological polar surface area (TPSA) is 46.7 Å². The molecule has 8 aromatic carbocycles. The second-order valence-corrected chi connectivity index (χ2v) is 30.0. The lowest BCUT2D eigenvalue weighted by atomic mass is 9.76. The lowest BCUT2D eigenvalue weighted by molar-refractivity contribution is 0.483. The molecular formula is C78H84N4O2. The molecule has 1 aliphatic rings. The zero-order valence-corrected chi connectivity index (χ0v) is 53.0. The molecule has 0 saturated carbocycles. The minimum Gasteiger partial charge on any atom is -0.457 e. The van der Waals surface area contributed by atoms with E-state index in [1.807, 2.05) is 12.3 Å². The van der Waals surface area contributed by atoms with Gasteiger partial charge in [0.1, 0.15) is 35.2 Å². The molecule has 0 fully saturated rings. The highest BCUT2D eigenvalue weighted by molar-refractivity contribution is 6.24. The SMILES string of the molecule is CC(C)(C)c1cc(-c2cc(C(C)(C)C)cc(-c3cc(C(C)(C)C)cc(C(C)(C)C)c3)c2N2CN(c3cccc(Oc4ccc5c6c7oc8ccccc8c7ccc6n(-c6cc(C(C)(C)C)ccn6)c5c4)c3)c3ccccc32)cc(C(C)(C)C)c1. The zero-order valence-electron chi connectivity index (χ0n) is 53.0. The number of hydrogen-bond donors (Lipinski definition) is 0. The molecule has 3 aromatic heterocycles. The summed E-state index contributed by atoms with van der Waals surface area (Å²) >= 11 is 0. The van der Waals surface area contributed by atoms with Crippen LogP contribution in [0.2, 0.25) is 0 Å². The third-order valence-corrected chi connectivity index (χ3v) is 17.4. The number of furan rings is 1. The molecule has 0 radical (unpaired) electrons. The van der Waals surface area contributed by atoms with Gasteiger partial charge < -0.3 is 19.0 Å². The van der Waals surface area contributed by atoms with Gasteiger partial charge in [-0.2, -0.15) is 0 Å². The van der Waals surface area contributed by atoms with Gasteiger partial charge in [0, 0.05) is 51.3 Å². The first kappa shape index (κ1) is 56.4. The summed E-state index contributed by atoms with van der Waals surface area (Å²) in [6.07, 6.45) is 1.93. The van der Waals surface area contributed by atoms with Gasteiger partial charge >= 0.3 is 0 Å². The van der Waals surface area contributed by atoms with Crippen LogP contribution in [0.25, 0.3) is 71.8 Å². The van der Waals surface area contributed by atoms with Gasteiger partial charge in [0.25, 0.3) is 0 Å². The van der Waals surface area contributed by atoms with Gasteiger partial charge in [-0.15, -0.1) is 0 Å². The van der Waals surface area contributed by atoms with Crippen LogP contribution in [0.5, 0.6) is 11.5 Å². The predicted molar refractivity (Wildman–Crippen MR) is 357 cm³/mol. The number of fused-ring (bicyclic) bond motifs is 8. The monoisotopic (exact) mass is 1110 g/mol. The number of aromatic nitrogens is 2. The Bertz CT molecular complexity index is 4230. The minimum absolute atomic E-state index is 0.0709. The predicted octanol–water partition coefficient (Wildman–Crippen LogP) is 22.2. The Morgan fingerprint density at radius 1 is 0.405 bits per heavy atom. The highest BCUT2D eigenvalue weighted by Gasteiger charge is 2.35. The average molecular weight is 1110 g/mol. The summed E-state index contributed by atoms with van der Waals surface area (Å²) in [5, 5.41) is 4.32. The standard InChI is InChI=1S/C78H84N4O2/c1-73(2,3)50-34-35-79-69(44-50)82-66-33-32-60-59-26-19-22-29-68(59)84-72(60)70(66)61-31-30-58(46-67(61)82)83-57-25-23-24-56(45-57)80-47-81(65-28-21-20-27-64(65)80)71-62(48-36-51(74(4,5)6)40-52(37-48)75(7,8)9)42-55(78(16,17)18)43-63(71)49-38-53(76(10,11)12)41-54(39-49)77(13,14)15/h19-46H,47H2,1-18H3. The van der Waals surface area contributed by atoms with E-state index >= 15 is 0 Å². The highest BCUT2D eigenvalue weighted by Crippen LogP contribution is 2.53. The summed E-state index contributed by atoms with van der Waals surface area (Å²) in [5.41, 5.74) is 20.6. The van der Waals surface area contributed by atoms with Crippen molar-refractivity contribution in [1.29, 1.82) is 0 Å². The molecule has 0 spiro atoms. The van der Waals surface area contributed by atoms with Crippen LogP contribution >= 0.6 is 0 Å². The van der Waals surface area contributed by atoms with Gasteiger partial charge in [-0.25, -0.2) is 4.98 Å². The van der Waals surface area contributed by atoms with E-state index in [1.165, 1.54) is 61.3 Å². The van der Waals surface area contributed by atoms with Crippen molar-refractivity contribution in [3.63, 3.8) is 0 Å². The van der Waals surface area contributed by atoms with Crippen LogP contribution in [-0.2, 0) is 32.5 Å². The Balaban J connectivity index is 1.02. The second-order valence-electron chi connectivity index (χ2n) is 30.0. The summed E-state index contributed by atoms with van der Waals surface area (Å²) in [4.78, 5) is 10.1. The number of para-hydroxylation sites is 3. The number of nitrogens with zero attached hydrogens (tertiary/aromatic N) is 4. The van der Waals surface area contributed by atoms with Crippen LogP contribution in [0.1, 0.15) is 158 Å². The van der Waals surface area contributed by atoms with Crippen LogP contribution in [-0.4, -0.2) is 16.2 Å². The number of ether oxygens (including phenoxy) is 1. The normalized spacial score (nSPS) is 13.7. The molecular weight excluding hydrogens is 1020 g/mol. The molecule has 4 heterocycles. The molecule has 6 heteroatoms. The second kappa shape index (κ2) is 19.8. The summed E-state index contributed by atoms with van der Waals surface area (Å²) < 4.78 is 16.0. The molecule has 0 atom stereocenters. The van der Waals surface area contributed by atoms with Gasteiger partial charge in [0.05, 0.1) is 33.5 Å². The lowest BCUT2D eigenvalue weighted by Crippen LogP contribution is -2.25. The molecule has 12 rings (SSSR count). The molecule has 1 aliphatic heterocycles. The first-order valence-corrected chi connectivity index (χ1v) is 30.2. The Hall–Kier alpha value is -8.09. The Morgan fingerprint density at radius 2 is 0.917 bits per heavy atom. The lowest BCUT2D eigenvalue weighted by Gasteiger charge is -2.32. The molecule has 0 bridgehead atoms. The molecule has 11 aromatic rings. The Kier molecular flexibility index (Phi) is 13.3. The number of pyridine rings is 1. The van der Waals surface area contributed by atoms with E-state index in [2.05, 4.69) is 297 Å². The van der Waals surface area contributed by atoms with Gasteiger partial charge in [-0.1, -0.05) is 197 Å². The van der Waals surface area contributed by atoms with E-state index in [1.54, 1.807) is 0 Å². The third kappa shape index (κ3) is 10.2. The van der Waals surface area contributed by atoms with Crippen LogP contribution < -0.4 is 14.5 Å². The number of anilines is 4. The van der Waals surface area contributed by atoms with Crippen molar-refractivity contribution >= 4 is 66.5 Å². The van der Waals surface area contributed by atoms with Crippen LogP contribution in [0.4, 0.5) is 22.7 Å². The highest BCUT2D eigenvalue weighted by atomic mass is 16.5. The van der Waals surface area contributed by atoms with Crippen LogP contribution in [0.3, 0.4) is 0 Å². The summed E-state index contributed by atoms with van der Waals surface area (Å²) in [7, 11) is 0. The van der Waals surface area contributed by atoms with Crippen LogP contribution in [0.15, 0.2) is 174 Å². The summed E-state index contributed by atoms with van der Waals surface area (Å²) in [5.74, 6) is 2.32. The van der Waals surface area contributed by atoms with Gasteiger partial charge in [0.15, 0.2) is 0 Å². The van der Waals surface area contributed by atoms with Crippen molar-refractivity contribution in [2.24, 2.45) is 0 Å². The quantitative estimate of drug-likeness (QED) is 0.159. The van der Waals surface area contributed by atoms with Crippen molar-refractivity contribution in [3.8, 4) is 39.6 Å². The fourth-order valence-electron chi connectivity index (χ4n) is 12.2. The molecule has 0 aliphatic carbocycles. The van der Waals surface area contributed by atoms with E-state index in [0.717, 1.165) is 78.1 Å². The van der Waals surface area contributed by atoms with Gasteiger partial charge in [-0.05, 0) is 156 Å². The molecule has 0 amide bonds. The molecule has 0 saturated heterocycles. The van der Waals surface area contributed by atoms with Gasteiger partial charge in [0.2, 0.25) is 0 Å². The first-order valence-electron chi connectivity index (χ1n) is 30.2. The Morgan fingerprint density at radius 3 is 1.49 bits per heavy atom. The van der Waals surface area contributed by atoms with Crippen molar-refractivity contribution in [1.82, 2.24) is 9.55 Å². The first-order chi connectivity index (χ1) is 39.4. The Labute approximate surface area is 499 Å². The van der Waals surface area contributed by atoms with E-state index in [9.17, 15) is 0 Å². The maximum absolute atomic E-state index is 7.04. The molecule has 428 valence electrons. The van der Waals surface area contributed by atoms with Crippen molar-refractivity contribution in [2.75, 3.05) is 16.5 Å². The largest absolute Gasteiger partial charge is 0.457 e. The van der Waals surface area contributed by atoms with E-state index in [4.69, 9.17) is 14.1 Å². The molecule has 0 N–H and O–H groups in total. The maximum Gasteiger partial charge on any atom is 0.145 e. The number of rotatable bonds is 7. The smallest absolute Gasteiger partial charge is 0.145 e. The summed E-state index contributed by atoms with van der Waals surface area (Å²) in [6.45, 7) is 42.5. The zero-order chi connectivity index (χ0) is 59.8. The van der Waals surface area contributed by atoms with Crippen molar-refractivity contribution < 1.29 is 9.15 Å². The van der Waals surface area contributed by atoms with E-state index < -0.39 is 0 Å². The van der Waals surface area contributed by atoms with Crippen LogP contribution in [0, 0.1) is 0 Å². The van der Waals surface area contributed by atoms with E-state index in [0.29, 0.717) is 6.67 Å². The fraction of sp³-hybridized carbons (Fsp3) is 0.321. The van der Waals surface area contributed by atoms with Gasteiger partial charge in [-0.3, -0.25) is 4.57 Å². The minimum atomic E-state index is -0.142. The molecule has 6 nitrogen and oxygen atoms in total. The average Bonchev–Trinajstić information content (AvgIpc) is 1.57. The fourth-order valence-corrected chi connectivity index (χ4v) is 12.2. The van der Waals surface area contributed by atoms with Crippen molar-refractivity contribution in [2.45, 2.75) is 157 Å².